The number of hydrogen-bond donors (Lipinski definition) is 1. The van der Waals surface area contributed by atoms with Crippen LogP contribution in [0, 0.1) is 0 Å². The molecule has 1 atom stereocenters. The molecule has 0 aliphatic carbocycles. The lowest BCUT2D eigenvalue weighted by molar-refractivity contribution is 0.0700. The summed E-state index contributed by atoms with van der Waals surface area (Å²) in [6, 6.07) is 3.96. The van der Waals surface area contributed by atoms with Crippen molar-refractivity contribution in [2.24, 2.45) is 0 Å². The summed E-state index contributed by atoms with van der Waals surface area (Å²) in [5, 5.41) is 7.46. The molecule has 0 spiro atoms. The van der Waals surface area contributed by atoms with Crippen molar-refractivity contribution in [1.82, 2.24) is 25.3 Å². The first-order valence-corrected chi connectivity index (χ1v) is 8.45. The van der Waals surface area contributed by atoms with Crippen LogP contribution in [0.5, 0.6) is 0 Å². The summed E-state index contributed by atoms with van der Waals surface area (Å²) in [5.74, 6) is 1.41. The summed E-state index contributed by atoms with van der Waals surface area (Å²) in [7, 11) is 0. The molecule has 0 saturated carbocycles. The predicted octanol–water partition coefficient (Wildman–Crippen LogP) is 1.98. The zero-order chi connectivity index (χ0) is 16.9. The van der Waals surface area contributed by atoms with Crippen molar-refractivity contribution in [3.8, 4) is 0 Å². The number of hydrogen-bond acceptors (Lipinski definition) is 6. The Morgan fingerprint density at radius 2 is 2.25 bits per heavy atom. The van der Waals surface area contributed by atoms with Crippen molar-refractivity contribution in [3.63, 3.8) is 0 Å². The highest BCUT2D eigenvalue weighted by molar-refractivity contribution is 5.93. The van der Waals surface area contributed by atoms with E-state index in [4.69, 9.17) is 4.52 Å². The number of rotatable bonds is 5. The largest absolute Gasteiger partial charge is 0.338 e. The molecule has 3 heterocycles. The van der Waals surface area contributed by atoms with Crippen LogP contribution in [0.25, 0.3) is 0 Å². The van der Waals surface area contributed by atoms with E-state index in [9.17, 15) is 4.79 Å². The minimum Gasteiger partial charge on any atom is -0.338 e. The molecule has 7 heteroatoms. The first-order valence-electron chi connectivity index (χ1n) is 8.45. The van der Waals surface area contributed by atoms with Gasteiger partial charge in [-0.2, -0.15) is 4.98 Å². The summed E-state index contributed by atoms with van der Waals surface area (Å²) >= 11 is 0. The van der Waals surface area contributed by atoms with Gasteiger partial charge in [0.2, 0.25) is 5.89 Å². The molecule has 0 aromatic carbocycles. The van der Waals surface area contributed by atoms with Gasteiger partial charge < -0.3 is 14.7 Å². The van der Waals surface area contributed by atoms with E-state index in [-0.39, 0.29) is 11.9 Å². The molecule has 128 valence electrons. The molecule has 7 nitrogen and oxygen atoms in total. The van der Waals surface area contributed by atoms with Gasteiger partial charge in [-0.05, 0) is 31.9 Å². The molecule has 1 unspecified atom stereocenters. The fraction of sp³-hybridized carbons (Fsp3) is 0.529. The fourth-order valence-corrected chi connectivity index (χ4v) is 2.93. The maximum atomic E-state index is 12.4. The number of carbonyl (C=O) groups excluding carboxylic acids is 1. The van der Waals surface area contributed by atoms with Crippen LogP contribution in [-0.4, -0.2) is 45.1 Å². The number of nitrogens with one attached hydrogen (secondary N) is 1. The number of carbonyl (C=O) groups is 1. The topological polar surface area (TPSA) is 84.2 Å². The number of nitrogens with zero attached hydrogens (tertiary/aromatic N) is 4. The average Bonchev–Trinajstić information content (AvgIpc) is 3.12. The van der Waals surface area contributed by atoms with E-state index < -0.39 is 0 Å². The van der Waals surface area contributed by atoms with Gasteiger partial charge in [-0.1, -0.05) is 12.1 Å². The lowest BCUT2D eigenvalue weighted by atomic mass is 10.0. The van der Waals surface area contributed by atoms with Crippen LogP contribution in [0.1, 0.15) is 54.8 Å². The summed E-state index contributed by atoms with van der Waals surface area (Å²) in [6.07, 6.45) is 5.88. The summed E-state index contributed by atoms with van der Waals surface area (Å²) in [4.78, 5) is 22.7. The maximum absolute atomic E-state index is 12.4. The van der Waals surface area contributed by atoms with Gasteiger partial charge in [0.05, 0.1) is 11.6 Å². The fourth-order valence-electron chi connectivity index (χ4n) is 2.93. The maximum Gasteiger partial charge on any atom is 0.255 e. The van der Waals surface area contributed by atoms with E-state index in [0.717, 1.165) is 38.2 Å². The van der Waals surface area contributed by atoms with Crippen molar-refractivity contribution in [2.45, 2.75) is 45.2 Å². The molecule has 3 rings (SSSR count). The summed E-state index contributed by atoms with van der Waals surface area (Å²) in [6.45, 7) is 5.51. The Morgan fingerprint density at radius 1 is 1.46 bits per heavy atom. The molecule has 24 heavy (non-hydrogen) atoms. The minimum atomic E-state index is 0.0170. The number of aryl methyl sites for hydroxylation is 1. The number of likely N-dealkylation sites (tertiary alicyclic amines) is 1. The average molecular weight is 329 g/mol. The molecule has 1 aliphatic heterocycles. The van der Waals surface area contributed by atoms with Gasteiger partial charge in [0, 0.05) is 37.9 Å². The van der Waals surface area contributed by atoms with Crippen molar-refractivity contribution in [3.05, 3.63) is 41.8 Å². The molecule has 2 aromatic rings. The van der Waals surface area contributed by atoms with Gasteiger partial charge in [0.1, 0.15) is 0 Å². The van der Waals surface area contributed by atoms with Crippen molar-refractivity contribution >= 4 is 5.91 Å². The van der Waals surface area contributed by atoms with Crippen LogP contribution in [0.4, 0.5) is 0 Å². The van der Waals surface area contributed by atoms with E-state index in [2.05, 4.69) is 20.4 Å². The Kier molecular flexibility index (Phi) is 5.20. The van der Waals surface area contributed by atoms with Crippen LogP contribution in [0.3, 0.4) is 0 Å². The first kappa shape index (κ1) is 16.6. The molecule has 1 N–H and O–H groups in total. The Labute approximate surface area is 141 Å². The molecule has 1 saturated heterocycles. The van der Waals surface area contributed by atoms with Crippen LogP contribution >= 0.6 is 0 Å². The van der Waals surface area contributed by atoms with E-state index in [1.165, 1.54) is 0 Å². The number of amides is 1. The molecule has 0 radical (unpaired) electrons. The van der Waals surface area contributed by atoms with Gasteiger partial charge in [0.25, 0.3) is 5.91 Å². The predicted molar refractivity (Wildman–Crippen MR) is 88.4 cm³/mol. The number of pyridine rings is 1. The minimum absolute atomic E-state index is 0.0170. The van der Waals surface area contributed by atoms with Crippen molar-refractivity contribution in [1.29, 1.82) is 0 Å². The second kappa shape index (κ2) is 7.53. The van der Waals surface area contributed by atoms with Gasteiger partial charge in [-0.25, -0.2) is 0 Å². The molecule has 1 fully saturated rings. The SMILES string of the molecule is CCc1noc(C(C)NC2CCN(C(=O)c3cccnc3)CC2)n1. The Bertz CT molecular complexity index is 665. The van der Waals surface area contributed by atoms with Crippen molar-refractivity contribution < 1.29 is 9.32 Å². The third kappa shape index (κ3) is 3.79. The quantitative estimate of drug-likeness (QED) is 0.903. The molecular formula is C17H23N5O2. The molecule has 0 bridgehead atoms. The standard InChI is InChI=1S/C17H23N5O2/c1-3-15-20-16(24-21-15)12(2)19-14-6-9-22(10-7-14)17(23)13-5-4-8-18-11-13/h4-5,8,11-12,14,19H,3,6-7,9-10H2,1-2H3. The molecule has 1 amide bonds. The molecule has 2 aromatic heterocycles. The highest BCUT2D eigenvalue weighted by Crippen LogP contribution is 2.18. The van der Waals surface area contributed by atoms with E-state index in [1.807, 2.05) is 24.8 Å². The summed E-state index contributed by atoms with van der Waals surface area (Å²) in [5.41, 5.74) is 0.648. The second-order valence-electron chi connectivity index (χ2n) is 6.10. The second-order valence-corrected chi connectivity index (χ2v) is 6.10. The van der Waals surface area contributed by atoms with Gasteiger partial charge in [-0.3, -0.25) is 9.78 Å². The Hall–Kier alpha value is -2.28. The molecule has 1 aliphatic rings. The highest BCUT2D eigenvalue weighted by Gasteiger charge is 2.25. The normalized spacial score (nSPS) is 17.0. The van der Waals surface area contributed by atoms with E-state index in [1.54, 1.807) is 18.5 Å². The van der Waals surface area contributed by atoms with Gasteiger partial charge >= 0.3 is 0 Å². The van der Waals surface area contributed by atoms with Gasteiger partial charge in [-0.15, -0.1) is 0 Å². The smallest absolute Gasteiger partial charge is 0.255 e. The number of aromatic nitrogens is 3. The third-order valence-corrected chi connectivity index (χ3v) is 4.35. The monoisotopic (exact) mass is 329 g/mol. The number of piperidine rings is 1. The van der Waals surface area contributed by atoms with E-state index >= 15 is 0 Å². The van der Waals surface area contributed by atoms with Crippen LogP contribution < -0.4 is 5.32 Å². The zero-order valence-electron chi connectivity index (χ0n) is 14.1. The van der Waals surface area contributed by atoms with E-state index in [0.29, 0.717) is 17.5 Å². The van der Waals surface area contributed by atoms with Crippen LogP contribution in [-0.2, 0) is 6.42 Å². The van der Waals surface area contributed by atoms with Crippen LogP contribution in [0.15, 0.2) is 29.0 Å². The highest BCUT2D eigenvalue weighted by atomic mass is 16.5. The third-order valence-electron chi connectivity index (χ3n) is 4.35. The van der Waals surface area contributed by atoms with Gasteiger partial charge in [0.15, 0.2) is 5.82 Å². The Morgan fingerprint density at radius 3 is 2.88 bits per heavy atom. The Balaban J connectivity index is 1.51. The molecular weight excluding hydrogens is 306 g/mol. The zero-order valence-corrected chi connectivity index (χ0v) is 14.1. The van der Waals surface area contributed by atoms with Crippen molar-refractivity contribution in [2.75, 3.05) is 13.1 Å². The lowest BCUT2D eigenvalue weighted by Crippen LogP contribution is -2.45. The summed E-state index contributed by atoms with van der Waals surface area (Å²) < 4.78 is 5.28. The lowest BCUT2D eigenvalue weighted by Gasteiger charge is -2.33. The first-order chi connectivity index (χ1) is 11.7. The van der Waals surface area contributed by atoms with Crippen LogP contribution in [0.2, 0.25) is 0 Å².